The van der Waals surface area contributed by atoms with Gasteiger partial charge in [0.15, 0.2) is 0 Å². The number of methoxy groups -OCH3 is 1. The van der Waals surface area contributed by atoms with E-state index in [9.17, 15) is 4.39 Å². The first-order chi connectivity index (χ1) is 9.74. The van der Waals surface area contributed by atoms with Gasteiger partial charge in [0.05, 0.1) is 12.2 Å². The number of rotatable bonds is 5. The summed E-state index contributed by atoms with van der Waals surface area (Å²) in [5.74, 6) is -0.502. The molecule has 0 radical (unpaired) electrons. The van der Waals surface area contributed by atoms with Crippen molar-refractivity contribution in [2.24, 2.45) is 0 Å². The Kier molecular flexibility index (Phi) is 4.70. The van der Waals surface area contributed by atoms with Crippen LogP contribution >= 0.6 is 0 Å². The standard InChI is InChI=1S/C16H15FN2O/c1-20-11-13-5-3-2-4-12(13)10-19-15-6-7-16(17)14(8-15)9-18/h2-8,19H,10-11H2,1H3. The number of anilines is 1. The van der Waals surface area contributed by atoms with Crippen LogP contribution in [0.15, 0.2) is 42.5 Å². The van der Waals surface area contributed by atoms with Gasteiger partial charge >= 0.3 is 0 Å². The van der Waals surface area contributed by atoms with Crippen molar-refractivity contribution in [3.63, 3.8) is 0 Å². The fraction of sp³-hybridized carbons (Fsp3) is 0.188. The molecule has 0 spiro atoms. The molecule has 0 fully saturated rings. The van der Waals surface area contributed by atoms with Crippen LogP contribution in [0.25, 0.3) is 0 Å². The maximum Gasteiger partial charge on any atom is 0.141 e. The molecule has 20 heavy (non-hydrogen) atoms. The molecule has 102 valence electrons. The molecule has 2 aromatic carbocycles. The third-order valence-electron chi connectivity index (χ3n) is 2.99. The van der Waals surface area contributed by atoms with E-state index in [4.69, 9.17) is 10.00 Å². The molecule has 0 atom stereocenters. The van der Waals surface area contributed by atoms with Gasteiger partial charge in [0, 0.05) is 19.3 Å². The van der Waals surface area contributed by atoms with Crippen LogP contribution in [0.5, 0.6) is 0 Å². The van der Waals surface area contributed by atoms with Crippen LogP contribution in [0, 0.1) is 17.1 Å². The van der Waals surface area contributed by atoms with E-state index in [1.165, 1.54) is 12.1 Å². The van der Waals surface area contributed by atoms with Crippen LogP contribution in [-0.2, 0) is 17.9 Å². The van der Waals surface area contributed by atoms with Gasteiger partial charge in [0.2, 0.25) is 0 Å². The number of nitriles is 1. The van der Waals surface area contributed by atoms with Crippen molar-refractivity contribution in [3.8, 4) is 6.07 Å². The van der Waals surface area contributed by atoms with E-state index in [-0.39, 0.29) is 5.56 Å². The lowest BCUT2D eigenvalue weighted by atomic mass is 10.1. The average Bonchev–Trinajstić information content (AvgIpc) is 2.48. The van der Waals surface area contributed by atoms with Gasteiger partial charge < -0.3 is 10.1 Å². The number of nitrogens with zero attached hydrogens (tertiary/aromatic N) is 1. The molecule has 0 amide bonds. The fourth-order valence-corrected chi connectivity index (χ4v) is 1.94. The smallest absolute Gasteiger partial charge is 0.141 e. The summed E-state index contributed by atoms with van der Waals surface area (Å²) in [6, 6.07) is 14.2. The molecular weight excluding hydrogens is 255 g/mol. The van der Waals surface area contributed by atoms with Crippen molar-refractivity contribution < 1.29 is 9.13 Å². The quantitative estimate of drug-likeness (QED) is 0.905. The first kappa shape index (κ1) is 14.0. The van der Waals surface area contributed by atoms with Crippen LogP contribution in [-0.4, -0.2) is 7.11 Å². The molecule has 0 saturated carbocycles. The number of hydrogen-bond donors (Lipinski definition) is 1. The van der Waals surface area contributed by atoms with Crippen LogP contribution in [0.4, 0.5) is 10.1 Å². The lowest BCUT2D eigenvalue weighted by Gasteiger charge is -2.11. The normalized spacial score (nSPS) is 10.1. The van der Waals surface area contributed by atoms with Crippen molar-refractivity contribution in [1.82, 2.24) is 0 Å². The van der Waals surface area contributed by atoms with Crippen molar-refractivity contribution in [2.45, 2.75) is 13.2 Å². The molecule has 1 N–H and O–H groups in total. The van der Waals surface area contributed by atoms with E-state index in [1.807, 2.05) is 30.3 Å². The highest BCUT2D eigenvalue weighted by atomic mass is 19.1. The van der Waals surface area contributed by atoms with Crippen LogP contribution in [0.1, 0.15) is 16.7 Å². The van der Waals surface area contributed by atoms with E-state index in [1.54, 1.807) is 13.2 Å². The maximum absolute atomic E-state index is 13.2. The average molecular weight is 270 g/mol. The minimum absolute atomic E-state index is 0.0418. The lowest BCUT2D eigenvalue weighted by molar-refractivity contribution is 0.184. The number of ether oxygens (including phenoxy) is 1. The summed E-state index contributed by atoms with van der Waals surface area (Å²) in [6.45, 7) is 1.14. The number of halogens is 1. The second-order valence-electron chi connectivity index (χ2n) is 4.36. The Bertz CT molecular complexity index is 635. The molecule has 3 nitrogen and oxygen atoms in total. The minimum Gasteiger partial charge on any atom is -0.381 e. The van der Waals surface area contributed by atoms with E-state index >= 15 is 0 Å². The second-order valence-corrected chi connectivity index (χ2v) is 4.36. The van der Waals surface area contributed by atoms with Crippen molar-refractivity contribution in [3.05, 3.63) is 65.0 Å². The number of benzene rings is 2. The Morgan fingerprint density at radius 3 is 2.65 bits per heavy atom. The van der Waals surface area contributed by atoms with E-state index in [0.29, 0.717) is 13.2 Å². The van der Waals surface area contributed by atoms with Gasteiger partial charge in [0.1, 0.15) is 11.9 Å². The van der Waals surface area contributed by atoms with Crippen molar-refractivity contribution >= 4 is 5.69 Å². The molecule has 0 aliphatic heterocycles. The van der Waals surface area contributed by atoms with Crippen LogP contribution in [0.3, 0.4) is 0 Å². The van der Waals surface area contributed by atoms with E-state index < -0.39 is 5.82 Å². The topological polar surface area (TPSA) is 45.0 Å². The molecular formula is C16H15FN2O. The summed E-state index contributed by atoms with van der Waals surface area (Å²) < 4.78 is 18.4. The Hall–Kier alpha value is -2.38. The van der Waals surface area contributed by atoms with Crippen molar-refractivity contribution in [2.75, 3.05) is 12.4 Å². The third kappa shape index (κ3) is 3.34. The fourth-order valence-electron chi connectivity index (χ4n) is 1.94. The third-order valence-corrected chi connectivity index (χ3v) is 2.99. The first-order valence-electron chi connectivity index (χ1n) is 6.24. The summed E-state index contributed by atoms with van der Waals surface area (Å²) in [6.07, 6.45) is 0. The summed E-state index contributed by atoms with van der Waals surface area (Å²) in [5.41, 5.74) is 2.97. The van der Waals surface area contributed by atoms with E-state index in [2.05, 4.69) is 5.32 Å². The molecule has 0 aliphatic carbocycles. The second kappa shape index (κ2) is 6.69. The van der Waals surface area contributed by atoms with Crippen LogP contribution < -0.4 is 5.32 Å². The highest BCUT2D eigenvalue weighted by Crippen LogP contribution is 2.16. The highest BCUT2D eigenvalue weighted by Gasteiger charge is 2.04. The van der Waals surface area contributed by atoms with Gasteiger partial charge in [-0.2, -0.15) is 5.26 Å². The summed E-state index contributed by atoms with van der Waals surface area (Å²) in [5, 5.41) is 12.0. The minimum atomic E-state index is -0.502. The summed E-state index contributed by atoms with van der Waals surface area (Å²) in [7, 11) is 1.66. The van der Waals surface area contributed by atoms with Gasteiger partial charge in [-0.3, -0.25) is 0 Å². The SMILES string of the molecule is COCc1ccccc1CNc1ccc(F)c(C#N)c1. The lowest BCUT2D eigenvalue weighted by Crippen LogP contribution is -2.04. The van der Waals surface area contributed by atoms with Crippen LogP contribution in [0.2, 0.25) is 0 Å². The zero-order chi connectivity index (χ0) is 14.4. The number of nitrogens with one attached hydrogen (secondary N) is 1. The molecule has 0 bridgehead atoms. The number of hydrogen-bond acceptors (Lipinski definition) is 3. The zero-order valence-electron chi connectivity index (χ0n) is 11.2. The predicted octanol–water partition coefficient (Wildman–Crippen LogP) is 3.46. The highest BCUT2D eigenvalue weighted by molar-refractivity contribution is 5.50. The summed E-state index contributed by atoms with van der Waals surface area (Å²) in [4.78, 5) is 0. The van der Waals surface area contributed by atoms with Gasteiger partial charge in [0.25, 0.3) is 0 Å². The molecule has 0 heterocycles. The maximum atomic E-state index is 13.2. The monoisotopic (exact) mass is 270 g/mol. The molecule has 2 rings (SSSR count). The van der Waals surface area contributed by atoms with Gasteiger partial charge in [-0.1, -0.05) is 24.3 Å². The Morgan fingerprint density at radius 1 is 1.20 bits per heavy atom. The van der Waals surface area contributed by atoms with Gasteiger partial charge in [-0.25, -0.2) is 4.39 Å². The van der Waals surface area contributed by atoms with E-state index in [0.717, 1.165) is 16.8 Å². The molecule has 0 aromatic heterocycles. The molecule has 2 aromatic rings. The Morgan fingerprint density at radius 2 is 1.95 bits per heavy atom. The predicted molar refractivity (Wildman–Crippen MR) is 75.6 cm³/mol. The molecule has 0 saturated heterocycles. The summed E-state index contributed by atoms with van der Waals surface area (Å²) >= 11 is 0. The van der Waals surface area contributed by atoms with Gasteiger partial charge in [-0.15, -0.1) is 0 Å². The largest absolute Gasteiger partial charge is 0.381 e. The first-order valence-corrected chi connectivity index (χ1v) is 6.24. The molecule has 0 unspecified atom stereocenters. The zero-order valence-corrected chi connectivity index (χ0v) is 11.2. The van der Waals surface area contributed by atoms with Gasteiger partial charge in [-0.05, 0) is 29.3 Å². The molecule has 4 heteroatoms. The molecule has 0 aliphatic rings. The Labute approximate surface area is 117 Å². The Balaban J connectivity index is 2.11. The van der Waals surface area contributed by atoms with Crippen molar-refractivity contribution in [1.29, 1.82) is 5.26 Å².